The Morgan fingerprint density at radius 2 is 2.03 bits per heavy atom. The highest BCUT2D eigenvalue weighted by Gasteiger charge is 2.39. The largest absolute Gasteiger partial charge is 0.444 e. The van der Waals surface area contributed by atoms with Gasteiger partial charge in [0.25, 0.3) is 0 Å². The standard InChI is InChI=1S/C20H25ClFN3O4/c1-10-13(23-19(28)29-20(2,3)4)9-25(10)14-7-5-11(17(22)16(14)21)12-6-8-15(26)24-18(12)27/h5,7,10,12-13H,6,8-9H2,1-4H3,(H,23,28)(H,24,26,27)/t10-,12?,13+/m1/s1. The number of anilines is 1. The fourth-order valence-electron chi connectivity index (χ4n) is 3.59. The molecule has 29 heavy (non-hydrogen) atoms. The number of alkyl carbamates (subject to hydrolysis) is 1. The zero-order valence-electron chi connectivity index (χ0n) is 16.8. The molecule has 9 heteroatoms. The maximum Gasteiger partial charge on any atom is 0.408 e. The second-order valence-corrected chi connectivity index (χ2v) is 8.83. The molecule has 0 aliphatic carbocycles. The number of hydrogen-bond donors (Lipinski definition) is 2. The number of carbonyl (C=O) groups excluding carboxylic acids is 3. The lowest BCUT2D eigenvalue weighted by molar-refractivity contribution is -0.134. The van der Waals surface area contributed by atoms with E-state index in [1.807, 2.05) is 11.8 Å². The molecule has 3 atom stereocenters. The summed E-state index contributed by atoms with van der Waals surface area (Å²) in [5.41, 5.74) is 0.0880. The van der Waals surface area contributed by atoms with Crippen LogP contribution in [-0.2, 0) is 14.3 Å². The van der Waals surface area contributed by atoms with E-state index in [-0.39, 0.29) is 41.4 Å². The van der Waals surface area contributed by atoms with Crippen molar-refractivity contribution in [1.29, 1.82) is 0 Å². The Kier molecular flexibility index (Phi) is 5.76. The van der Waals surface area contributed by atoms with Crippen LogP contribution in [0, 0.1) is 5.82 Å². The number of hydrogen-bond acceptors (Lipinski definition) is 5. The lowest BCUT2D eigenvalue weighted by Crippen LogP contribution is -2.66. The minimum absolute atomic E-state index is 0.0743. The molecule has 0 radical (unpaired) electrons. The highest BCUT2D eigenvalue weighted by Crippen LogP contribution is 2.39. The Morgan fingerprint density at radius 1 is 1.34 bits per heavy atom. The van der Waals surface area contributed by atoms with Crippen molar-refractivity contribution >= 4 is 35.2 Å². The van der Waals surface area contributed by atoms with Gasteiger partial charge in [-0.2, -0.15) is 0 Å². The van der Waals surface area contributed by atoms with Gasteiger partial charge in [-0.3, -0.25) is 14.9 Å². The molecule has 1 unspecified atom stereocenters. The Hall–Kier alpha value is -2.35. The van der Waals surface area contributed by atoms with Gasteiger partial charge in [-0.15, -0.1) is 0 Å². The number of ether oxygens (including phenoxy) is 1. The summed E-state index contributed by atoms with van der Waals surface area (Å²) in [4.78, 5) is 37.2. The Labute approximate surface area is 173 Å². The maximum absolute atomic E-state index is 14.9. The summed E-state index contributed by atoms with van der Waals surface area (Å²) in [5.74, 6) is -2.26. The van der Waals surface area contributed by atoms with E-state index in [2.05, 4.69) is 10.6 Å². The predicted molar refractivity (Wildman–Crippen MR) is 107 cm³/mol. The van der Waals surface area contributed by atoms with Crippen molar-refractivity contribution in [3.8, 4) is 0 Å². The molecule has 7 nitrogen and oxygen atoms in total. The van der Waals surface area contributed by atoms with Crippen molar-refractivity contribution in [1.82, 2.24) is 10.6 Å². The molecule has 2 fully saturated rings. The van der Waals surface area contributed by atoms with Gasteiger partial charge in [-0.05, 0) is 40.2 Å². The first-order chi connectivity index (χ1) is 13.5. The van der Waals surface area contributed by atoms with Crippen LogP contribution >= 0.6 is 11.6 Å². The second kappa shape index (κ2) is 7.82. The summed E-state index contributed by atoms with van der Waals surface area (Å²) in [6.45, 7) is 7.71. The van der Waals surface area contributed by atoms with Gasteiger partial charge in [-0.1, -0.05) is 17.7 Å². The van der Waals surface area contributed by atoms with E-state index in [0.29, 0.717) is 12.2 Å². The molecule has 2 N–H and O–H groups in total. The first-order valence-electron chi connectivity index (χ1n) is 9.55. The lowest BCUT2D eigenvalue weighted by atomic mass is 9.89. The van der Waals surface area contributed by atoms with E-state index in [9.17, 15) is 18.8 Å². The lowest BCUT2D eigenvalue weighted by Gasteiger charge is -2.48. The molecular weight excluding hydrogens is 401 g/mol. The summed E-state index contributed by atoms with van der Waals surface area (Å²) in [5, 5.41) is 4.96. The van der Waals surface area contributed by atoms with Crippen molar-refractivity contribution in [2.75, 3.05) is 11.4 Å². The maximum atomic E-state index is 14.9. The quantitative estimate of drug-likeness (QED) is 0.726. The third-order valence-electron chi connectivity index (χ3n) is 5.19. The van der Waals surface area contributed by atoms with E-state index in [1.54, 1.807) is 26.8 Å². The molecular formula is C20H25ClFN3O4. The zero-order valence-corrected chi connectivity index (χ0v) is 17.6. The normalized spacial score (nSPS) is 24.6. The third-order valence-corrected chi connectivity index (χ3v) is 5.54. The number of nitrogens with one attached hydrogen (secondary N) is 2. The predicted octanol–water partition coefficient (Wildman–Crippen LogP) is 3.10. The van der Waals surface area contributed by atoms with Crippen molar-refractivity contribution in [3.63, 3.8) is 0 Å². The minimum atomic E-state index is -0.741. The van der Waals surface area contributed by atoms with Crippen LogP contribution in [0.1, 0.15) is 52.0 Å². The molecule has 2 saturated heterocycles. The number of piperidine rings is 1. The smallest absolute Gasteiger partial charge is 0.408 e. The van der Waals surface area contributed by atoms with Crippen LogP contribution in [0.4, 0.5) is 14.9 Å². The SMILES string of the molecule is C[C@@H]1[C@@H](NC(=O)OC(C)(C)C)CN1c1ccc(C2CCC(=O)NC2=O)c(F)c1Cl. The molecule has 3 amide bonds. The van der Waals surface area contributed by atoms with Gasteiger partial charge in [0, 0.05) is 24.6 Å². The van der Waals surface area contributed by atoms with Gasteiger partial charge >= 0.3 is 6.09 Å². The molecule has 0 spiro atoms. The summed E-state index contributed by atoms with van der Waals surface area (Å²) in [7, 11) is 0. The van der Waals surface area contributed by atoms with Crippen LogP contribution in [0.25, 0.3) is 0 Å². The van der Waals surface area contributed by atoms with Crippen LogP contribution in [0.3, 0.4) is 0 Å². The van der Waals surface area contributed by atoms with Crippen molar-refractivity contribution in [2.45, 2.75) is 64.1 Å². The molecule has 3 rings (SSSR count). The molecule has 2 heterocycles. The summed E-state index contributed by atoms with van der Waals surface area (Å²) < 4.78 is 20.2. The summed E-state index contributed by atoms with van der Waals surface area (Å²) in [6.07, 6.45) is -0.0881. The summed E-state index contributed by atoms with van der Waals surface area (Å²) >= 11 is 6.28. The first kappa shape index (κ1) is 21.4. The summed E-state index contributed by atoms with van der Waals surface area (Å²) in [6, 6.07) is 2.95. The molecule has 1 aromatic carbocycles. The molecule has 2 aliphatic rings. The third kappa shape index (κ3) is 4.47. The van der Waals surface area contributed by atoms with Gasteiger partial charge in [0.1, 0.15) is 11.4 Å². The Bertz CT molecular complexity index is 855. The van der Waals surface area contributed by atoms with Crippen LogP contribution in [0.15, 0.2) is 12.1 Å². The number of amides is 3. The number of rotatable bonds is 3. The number of imide groups is 1. The zero-order chi connectivity index (χ0) is 21.5. The van der Waals surface area contributed by atoms with E-state index in [0.717, 1.165) is 0 Å². The highest BCUT2D eigenvalue weighted by atomic mass is 35.5. The monoisotopic (exact) mass is 425 g/mol. The fourth-order valence-corrected chi connectivity index (χ4v) is 3.87. The van der Waals surface area contributed by atoms with Crippen LogP contribution in [-0.4, -0.2) is 42.1 Å². The van der Waals surface area contributed by atoms with E-state index >= 15 is 0 Å². The Balaban J connectivity index is 1.70. The van der Waals surface area contributed by atoms with Gasteiger partial charge in [0.05, 0.1) is 22.7 Å². The fraction of sp³-hybridized carbons (Fsp3) is 0.550. The number of halogens is 2. The average Bonchev–Trinajstić information content (AvgIpc) is 2.60. The topological polar surface area (TPSA) is 87.7 Å². The molecule has 1 aromatic rings. The minimum Gasteiger partial charge on any atom is -0.444 e. The molecule has 0 bridgehead atoms. The number of carbonyl (C=O) groups is 3. The van der Waals surface area contributed by atoms with E-state index in [1.165, 1.54) is 6.07 Å². The van der Waals surface area contributed by atoms with Crippen molar-refractivity contribution < 1.29 is 23.5 Å². The molecule has 0 saturated carbocycles. The van der Waals surface area contributed by atoms with Crippen LogP contribution in [0.2, 0.25) is 5.02 Å². The van der Waals surface area contributed by atoms with Crippen molar-refractivity contribution in [2.24, 2.45) is 0 Å². The average molecular weight is 426 g/mol. The molecule has 2 aliphatic heterocycles. The van der Waals surface area contributed by atoms with Gasteiger partial charge in [0.2, 0.25) is 11.8 Å². The van der Waals surface area contributed by atoms with Gasteiger partial charge in [0.15, 0.2) is 0 Å². The second-order valence-electron chi connectivity index (χ2n) is 8.45. The van der Waals surface area contributed by atoms with E-state index < -0.39 is 29.3 Å². The van der Waals surface area contributed by atoms with Gasteiger partial charge < -0.3 is 15.0 Å². The van der Waals surface area contributed by atoms with Crippen molar-refractivity contribution in [3.05, 3.63) is 28.5 Å². The molecule has 158 valence electrons. The number of benzene rings is 1. The van der Waals surface area contributed by atoms with Crippen LogP contribution < -0.4 is 15.5 Å². The Morgan fingerprint density at radius 3 is 2.62 bits per heavy atom. The highest BCUT2D eigenvalue weighted by molar-refractivity contribution is 6.33. The van der Waals surface area contributed by atoms with Gasteiger partial charge in [-0.25, -0.2) is 9.18 Å². The van der Waals surface area contributed by atoms with E-state index in [4.69, 9.17) is 16.3 Å². The number of nitrogens with zero attached hydrogens (tertiary/aromatic N) is 1. The van der Waals surface area contributed by atoms with Crippen LogP contribution in [0.5, 0.6) is 0 Å². The molecule has 0 aromatic heterocycles. The first-order valence-corrected chi connectivity index (χ1v) is 9.93.